The third-order valence-electron chi connectivity index (χ3n) is 3.70. The van der Waals surface area contributed by atoms with E-state index >= 15 is 0 Å². The number of halogens is 1. The SMILES string of the molecule is CC(NCCN1CCCCC1)c1ccccc1Br. The van der Waals surface area contributed by atoms with Gasteiger partial charge in [0.05, 0.1) is 0 Å². The molecule has 0 aromatic heterocycles. The largest absolute Gasteiger partial charge is 0.309 e. The number of nitrogens with one attached hydrogen (secondary N) is 1. The number of benzene rings is 1. The van der Waals surface area contributed by atoms with Crippen LogP contribution in [0.15, 0.2) is 28.7 Å². The van der Waals surface area contributed by atoms with E-state index in [-0.39, 0.29) is 0 Å². The predicted octanol–water partition coefficient (Wildman–Crippen LogP) is 3.59. The fourth-order valence-corrected chi connectivity index (χ4v) is 3.19. The van der Waals surface area contributed by atoms with Gasteiger partial charge in [0, 0.05) is 23.6 Å². The maximum atomic E-state index is 3.62. The molecule has 100 valence electrons. The third kappa shape index (κ3) is 4.08. The highest BCUT2D eigenvalue weighted by Gasteiger charge is 2.11. The summed E-state index contributed by atoms with van der Waals surface area (Å²) in [5.41, 5.74) is 1.34. The van der Waals surface area contributed by atoms with E-state index in [1.165, 1.54) is 48.9 Å². The van der Waals surface area contributed by atoms with E-state index in [9.17, 15) is 0 Å². The van der Waals surface area contributed by atoms with Crippen molar-refractivity contribution in [1.82, 2.24) is 10.2 Å². The van der Waals surface area contributed by atoms with E-state index in [0.717, 1.165) is 6.54 Å². The van der Waals surface area contributed by atoms with Gasteiger partial charge in [0.25, 0.3) is 0 Å². The van der Waals surface area contributed by atoms with Crippen LogP contribution in [0.4, 0.5) is 0 Å². The van der Waals surface area contributed by atoms with Gasteiger partial charge in [-0.3, -0.25) is 0 Å². The molecule has 1 fully saturated rings. The first-order valence-electron chi connectivity index (χ1n) is 6.97. The first-order chi connectivity index (χ1) is 8.77. The third-order valence-corrected chi connectivity index (χ3v) is 4.42. The number of nitrogens with zero attached hydrogens (tertiary/aromatic N) is 1. The quantitative estimate of drug-likeness (QED) is 0.894. The van der Waals surface area contributed by atoms with Crippen molar-refractivity contribution >= 4 is 15.9 Å². The first kappa shape index (κ1) is 14.0. The Balaban J connectivity index is 1.74. The van der Waals surface area contributed by atoms with E-state index < -0.39 is 0 Å². The Morgan fingerprint density at radius 2 is 1.94 bits per heavy atom. The molecule has 1 atom stereocenters. The Bertz CT molecular complexity index is 361. The summed E-state index contributed by atoms with van der Waals surface area (Å²) in [6.07, 6.45) is 4.16. The molecule has 0 saturated carbocycles. The van der Waals surface area contributed by atoms with Crippen molar-refractivity contribution in [2.24, 2.45) is 0 Å². The van der Waals surface area contributed by atoms with Gasteiger partial charge >= 0.3 is 0 Å². The zero-order valence-electron chi connectivity index (χ0n) is 11.2. The summed E-state index contributed by atoms with van der Waals surface area (Å²) < 4.78 is 1.20. The molecule has 1 aliphatic rings. The summed E-state index contributed by atoms with van der Waals surface area (Å²) >= 11 is 3.61. The van der Waals surface area contributed by atoms with E-state index in [1.54, 1.807) is 0 Å². The van der Waals surface area contributed by atoms with Gasteiger partial charge in [-0.05, 0) is 44.5 Å². The van der Waals surface area contributed by atoms with Crippen LogP contribution in [0.1, 0.15) is 37.8 Å². The minimum Gasteiger partial charge on any atom is -0.309 e. The van der Waals surface area contributed by atoms with E-state index in [2.05, 4.69) is 57.3 Å². The lowest BCUT2D eigenvalue weighted by molar-refractivity contribution is 0.227. The van der Waals surface area contributed by atoms with Gasteiger partial charge in [0.2, 0.25) is 0 Å². The molecule has 1 unspecified atom stereocenters. The van der Waals surface area contributed by atoms with Crippen LogP contribution >= 0.6 is 15.9 Å². The van der Waals surface area contributed by atoms with E-state index in [1.807, 2.05) is 0 Å². The fraction of sp³-hybridized carbons (Fsp3) is 0.600. The van der Waals surface area contributed by atoms with Crippen LogP contribution in [0.2, 0.25) is 0 Å². The lowest BCUT2D eigenvalue weighted by Crippen LogP contribution is -2.36. The lowest BCUT2D eigenvalue weighted by atomic mass is 10.1. The highest BCUT2D eigenvalue weighted by Crippen LogP contribution is 2.22. The Morgan fingerprint density at radius 3 is 2.67 bits per heavy atom. The minimum atomic E-state index is 0.408. The molecular weight excluding hydrogens is 288 g/mol. The van der Waals surface area contributed by atoms with E-state index in [0.29, 0.717) is 6.04 Å². The average molecular weight is 311 g/mol. The van der Waals surface area contributed by atoms with Gasteiger partial charge < -0.3 is 10.2 Å². The maximum absolute atomic E-state index is 3.62. The molecule has 2 rings (SSSR count). The van der Waals surface area contributed by atoms with E-state index in [4.69, 9.17) is 0 Å². The summed E-state index contributed by atoms with van der Waals surface area (Å²) in [6.45, 7) is 7.05. The number of rotatable bonds is 5. The first-order valence-corrected chi connectivity index (χ1v) is 7.77. The Kier molecular flexibility index (Phi) is 5.67. The number of piperidine rings is 1. The Morgan fingerprint density at radius 1 is 1.22 bits per heavy atom. The van der Waals surface area contributed by atoms with Crippen molar-refractivity contribution in [3.63, 3.8) is 0 Å². The molecule has 18 heavy (non-hydrogen) atoms. The van der Waals surface area contributed by atoms with Crippen LogP contribution in [0, 0.1) is 0 Å². The molecule has 1 saturated heterocycles. The second-order valence-corrected chi connectivity index (χ2v) is 5.95. The van der Waals surface area contributed by atoms with Crippen molar-refractivity contribution in [3.05, 3.63) is 34.3 Å². The van der Waals surface area contributed by atoms with Gasteiger partial charge in [-0.2, -0.15) is 0 Å². The highest BCUT2D eigenvalue weighted by atomic mass is 79.9. The van der Waals surface area contributed by atoms with Gasteiger partial charge in [0.15, 0.2) is 0 Å². The summed E-state index contributed by atoms with van der Waals surface area (Å²) in [6, 6.07) is 8.86. The molecule has 0 bridgehead atoms. The molecule has 1 aromatic carbocycles. The average Bonchev–Trinajstić information content (AvgIpc) is 2.40. The number of hydrogen-bond donors (Lipinski definition) is 1. The molecule has 1 aliphatic heterocycles. The fourth-order valence-electron chi connectivity index (χ4n) is 2.56. The normalized spacial score (nSPS) is 18.8. The minimum absolute atomic E-state index is 0.408. The Hall–Kier alpha value is -0.380. The van der Waals surface area contributed by atoms with Gasteiger partial charge in [-0.1, -0.05) is 40.5 Å². The molecule has 0 spiro atoms. The summed E-state index contributed by atoms with van der Waals surface area (Å²) in [5, 5.41) is 3.62. The van der Waals surface area contributed by atoms with Crippen LogP contribution < -0.4 is 5.32 Å². The summed E-state index contributed by atoms with van der Waals surface area (Å²) in [4.78, 5) is 2.57. The Labute approximate surface area is 119 Å². The molecule has 0 aliphatic carbocycles. The molecule has 0 radical (unpaired) electrons. The molecule has 1 N–H and O–H groups in total. The molecule has 3 heteroatoms. The highest BCUT2D eigenvalue weighted by molar-refractivity contribution is 9.10. The van der Waals surface area contributed by atoms with Crippen LogP contribution in [0.25, 0.3) is 0 Å². The smallest absolute Gasteiger partial charge is 0.0303 e. The van der Waals surface area contributed by atoms with Gasteiger partial charge in [0.1, 0.15) is 0 Å². The van der Waals surface area contributed by atoms with Crippen molar-refractivity contribution < 1.29 is 0 Å². The molecule has 1 aromatic rings. The predicted molar refractivity (Wildman–Crippen MR) is 80.9 cm³/mol. The molecular formula is C15H23BrN2. The summed E-state index contributed by atoms with van der Waals surface area (Å²) in [5.74, 6) is 0. The van der Waals surface area contributed by atoms with Crippen LogP contribution in [0.3, 0.4) is 0 Å². The topological polar surface area (TPSA) is 15.3 Å². The standard InChI is InChI=1S/C15H23BrN2/c1-13(14-7-3-4-8-15(14)16)17-9-12-18-10-5-2-6-11-18/h3-4,7-8,13,17H,2,5-6,9-12H2,1H3. The van der Waals surface area contributed by atoms with Crippen LogP contribution in [-0.2, 0) is 0 Å². The second kappa shape index (κ2) is 7.27. The molecule has 2 nitrogen and oxygen atoms in total. The van der Waals surface area contributed by atoms with Crippen LogP contribution in [-0.4, -0.2) is 31.1 Å². The van der Waals surface area contributed by atoms with Gasteiger partial charge in [-0.25, -0.2) is 0 Å². The molecule has 1 heterocycles. The van der Waals surface area contributed by atoms with Crippen molar-refractivity contribution in [2.45, 2.75) is 32.2 Å². The van der Waals surface area contributed by atoms with Crippen molar-refractivity contribution in [3.8, 4) is 0 Å². The number of likely N-dealkylation sites (tertiary alicyclic amines) is 1. The van der Waals surface area contributed by atoms with Crippen molar-refractivity contribution in [2.75, 3.05) is 26.2 Å². The monoisotopic (exact) mass is 310 g/mol. The number of hydrogen-bond acceptors (Lipinski definition) is 2. The summed E-state index contributed by atoms with van der Waals surface area (Å²) in [7, 11) is 0. The van der Waals surface area contributed by atoms with Crippen molar-refractivity contribution in [1.29, 1.82) is 0 Å². The molecule has 0 amide bonds. The zero-order valence-corrected chi connectivity index (χ0v) is 12.7. The zero-order chi connectivity index (χ0) is 12.8. The maximum Gasteiger partial charge on any atom is 0.0303 e. The lowest BCUT2D eigenvalue weighted by Gasteiger charge is -2.27. The second-order valence-electron chi connectivity index (χ2n) is 5.10. The van der Waals surface area contributed by atoms with Gasteiger partial charge in [-0.15, -0.1) is 0 Å². The van der Waals surface area contributed by atoms with Crippen LogP contribution in [0.5, 0.6) is 0 Å².